The average molecular weight is 379 g/mol. The molecule has 0 spiro atoms. The van der Waals surface area contributed by atoms with Crippen molar-refractivity contribution in [3.05, 3.63) is 34.9 Å². The van der Waals surface area contributed by atoms with Gasteiger partial charge in [-0.25, -0.2) is 14.4 Å². The first kappa shape index (κ1) is 66.7. The number of fused-ring (bicyclic) bond motifs is 1. The van der Waals surface area contributed by atoms with Gasteiger partial charge in [-0.05, 0) is 18.2 Å². The maximum atomic E-state index is 11.0. The van der Waals surface area contributed by atoms with E-state index in [2.05, 4.69) is 4.74 Å². The Hall–Kier alpha value is -2.61. The molecule has 25 heavy (non-hydrogen) atoms. The summed E-state index contributed by atoms with van der Waals surface area (Å²) in [6.45, 7) is 0. The zero-order valence-corrected chi connectivity index (χ0v) is 14.6. The third-order valence-electron chi connectivity index (χ3n) is 1.89. The van der Waals surface area contributed by atoms with Crippen molar-refractivity contribution in [1.29, 1.82) is 0 Å². The zero-order chi connectivity index (χ0) is 10.3. The third-order valence-corrected chi connectivity index (χ3v) is 1.89. The third kappa shape index (κ3) is 11.5. The van der Waals surface area contributed by atoms with Gasteiger partial charge in [-0.1, -0.05) is 0 Å². The number of carbonyl (C=O) groups excluding carboxylic acids is 2. The van der Waals surface area contributed by atoms with E-state index in [1.165, 1.54) is 12.1 Å². The zero-order valence-electron chi connectivity index (χ0n) is 14.6. The normalized spacial score (nSPS) is 7.68. The van der Waals surface area contributed by atoms with Gasteiger partial charge in [0.15, 0.2) is 0 Å². The van der Waals surface area contributed by atoms with Crippen LogP contribution in [-0.2, 0) is 4.74 Å². The highest BCUT2D eigenvalue weighted by molar-refractivity contribution is 6.15. The van der Waals surface area contributed by atoms with Crippen molar-refractivity contribution in [2.24, 2.45) is 0 Å². The Balaban J connectivity index is -0.0000000256. The molecule has 0 aromatic heterocycles. The van der Waals surface area contributed by atoms with Crippen LogP contribution < -0.4 is 67.7 Å². The van der Waals surface area contributed by atoms with Crippen molar-refractivity contribution in [2.45, 2.75) is 0 Å². The van der Waals surface area contributed by atoms with Crippen LogP contribution in [0.15, 0.2) is 18.2 Å². The standard InChI is InChI=1S/C9H4O5.11H3N/c10-7(11)4-1-2-5-6(3-4)9(13)14-8(5)12;;;;;;;;;;;/h1-3H,(H,10,11);11*1H3. The van der Waals surface area contributed by atoms with Crippen LogP contribution in [0.2, 0.25) is 0 Å². The number of hydrogen-bond acceptors (Lipinski definition) is 15. The van der Waals surface area contributed by atoms with Crippen LogP contribution in [0.25, 0.3) is 0 Å². The van der Waals surface area contributed by atoms with Gasteiger partial charge in [0.05, 0.1) is 16.7 Å². The van der Waals surface area contributed by atoms with Crippen LogP contribution in [0.1, 0.15) is 31.1 Å². The molecule has 34 N–H and O–H groups in total. The predicted octanol–water partition coefficient (Wildman–Crippen LogP) is 2.48. The molecule has 0 saturated carbocycles. The number of aromatic carboxylic acids is 1. The highest BCUT2D eigenvalue weighted by Crippen LogP contribution is 2.20. The Morgan fingerprint density at radius 3 is 1.40 bits per heavy atom. The molecule has 0 atom stereocenters. The number of cyclic esters (lactones) is 2. The molecule has 16 nitrogen and oxygen atoms in total. The lowest BCUT2D eigenvalue weighted by Gasteiger charge is -1.94. The molecule has 158 valence electrons. The quantitative estimate of drug-likeness (QED) is 0.246. The van der Waals surface area contributed by atoms with Crippen molar-refractivity contribution in [2.75, 3.05) is 0 Å². The van der Waals surface area contributed by atoms with E-state index >= 15 is 0 Å². The Kier molecular flexibility index (Phi) is 63.1. The number of ether oxygens (including phenoxy) is 1. The maximum absolute atomic E-state index is 11.0. The van der Waals surface area contributed by atoms with E-state index in [0.717, 1.165) is 6.07 Å². The molecule has 1 aromatic rings. The van der Waals surface area contributed by atoms with Crippen LogP contribution in [-0.4, -0.2) is 23.0 Å². The summed E-state index contributed by atoms with van der Waals surface area (Å²) < 4.78 is 4.30. The van der Waals surface area contributed by atoms with Crippen molar-refractivity contribution in [3.63, 3.8) is 0 Å². The van der Waals surface area contributed by atoms with E-state index < -0.39 is 17.9 Å². The maximum Gasteiger partial charge on any atom is 0.346 e. The Labute approximate surface area is 145 Å². The molecular weight excluding hydrogens is 342 g/mol. The largest absolute Gasteiger partial charge is 0.478 e. The first-order chi connectivity index (χ1) is 6.59. The molecule has 1 heterocycles. The summed E-state index contributed by atoms with van der Waals surface area (Å²) in [5.41, 5.74) is 0.0744. The van der Waals surface area contributed by atoms with Crippen LogP contribution in [0.4, 0.5) is 0 Å². The first-order valence-corrected chi connectivity index (χ1v) is 3.73. The summed E-state index contributed by atoms with van der Waals surface area (Å²) in [5.74, 6) is -2.69. The number of benzene rings is 1. The van der Waals surface area contributed by atoms with Crippen LogP contribution in [0, 0.1) is 0 Å². The molecule has 16 heteroatoms. The van der Waals surface area contributed by atoms with Gasteiger partial charge in [0, 0.05) is 0 Å². The van der Waals surface area contributed by atoms with Gasteiger partial charge in [-0.3, -0.25) is 0 Å². The number of carbonyl (C=O) groups is 3. The summed E-state index contributed by atoms with van der Waals surface area (Å²) >= 11 is 0. The van der Waals surface area contributed by atoms with Crippen LogP contribution in [0.5, 0.6) is 0 Å². The molecule has 2 rings (SSSR count). The van der Waals surface area contributed by atoms with Crippen molar-refractivity contribution < 1.29 is 24.2 Å². The molecule has 0 bridgehead atoms. The SMILES string of the molecule is N.N.N.N.N.N.N.N.N.N.N.O=C(O)c1ccc2c(c1)C(=O)OC2=O. The monoisotopic (exact) mass is 379 g/mol. The number of rotatable bonds is 1. The summed E-state index contributed by atoms with van der Waals surface area (Å²) in [7, 11) is 0. The van der Waals surface area contributed by atoms with Gasteiger partial charge in [-0.2, -0.15) is 0 Å². The predicted molar refractivity (Wildman–Crippen MR) is 98.4 cm³/mol. The molecule has 1 aliphatic rings. The molecule has 0 radical (unpaired) electrons. The molecule has 0 aliphatic carbocycles. The number of esters is 2. The van der Waals surface area contributed by atoms with Gasteiger partial charge in [0.25, 0.3) is 0 Å². The van der Waals surface area contributed by atoms with Crippen molar-refractivity contribution in [3.8, 4) is 0 Å². The van der Waals surface area contributed by atoms with Crippen LogP contribution >= 0.6 is 0 Å². The van der Waals surface area contributed by atoms with E-state index in [4.69, 9.17) is 5.11 Å². The molecule has 0 unspecified atom stereocenters. The Bertz CT molecular complexity index is 485. The second kappa shape index (κ2) is 23.7. The minimum absolute atomic E-state index is 0. The molecule has 1 aliphatic heterocycles. The minimum atomic E-state index is -1.15. The van der Waals surface area contributed by atoms with Gasteiger partial charge in [0.1, 0.15) is 0 Å². The number of carboxylic acid groups (broad SMARTS) is 1. The van der Waals surface area contributed by atoms with Crippen LogP contribution in [0.3, 0.4) is 0 Å². The highest BCUT2D eigenvalue weighted by Gasteiger charge is 2.30. The fraction of sp³-hybridized carbons (Fsp3) is 0. The lowest BCUT2D eigenvalue weighted by molar-refractivity contribution is 0.0443. The second-order valence-electron chi connectivity index (χ2n) is 2.74. The highest BCUT2D eigenvalue weighted by atomic mass is 16.6. The summed E-state index contributed by atoms with van der Waals surface area (Å²) in [4.78, 5) is 32.5. The first-order valence-electron chi connectivity index (χ1n) is 3.73. The molecule has 0 fully saturated rings. The average Bonchev–Trinajstić information content (AvgIpc) is 2.42. The number of carboxylic acids is 1. The van der Waals surface area contributed by atoms with Gasteiger partial charge < -0.3 is 77.5 Å². The Morgan fingerprint density at radius 2 is 1.04 bits per heavy atom. The fourth-order valence-corrected chi connectivity index (χ4v) is 1.22. The minimum Gasteiger partial charge on any atom is -0.478 e. The van der Waals surface area contributed by atoms with E-state index in [1.54, 1.807) is 0 Å². The van der Waals surface area contributed by atoms with Gasteiger partial charge in [-0.15, -0.1) is 0 Å². The molecule has 1 aromatic carbocycles. The lowest BCUT2D eigenvalue weighted by atomic mass is 10.1. The van der Waals surface area contributed by atoms with E-state index in [0.29, 0.717) is 0 Å². The summed E-state index contributed by atoms with van der Waals surface area (Å²) in [6.07, 6.45) is 0. The van der Waals surface area contributed by atoms with E-state index in [1.807, 2.05) is 0 Å². The fourth-order valence-electron chi connectivity index (χ4n) is 1.22. The van der Waals surface area contributed by atoms with E-state index in [-0.39, 0.29) is 84.3 Å². The Morgan fingerprint density at radius 1 is 0.680 bits per heavy atom. The number of hydrogen-bond donors (Lipinski definition) is 12. The molecule has 0 saturated heterocycles. The lowest BCUT2D eigenvalue weighted by Crippen LogP contribution is -2.00. The van der Waals surface area contributed by atoms with Crippen molar-refractivity contribution >= 4 is 17.9 Å². The van der Waals surface area contributed by atoms with Gasteiger partial charge >= 0.3 is 17.9 Å². The smallest absolute Gasteiger partial charge is 0.346 e. The van der Waals surface area contributed by atoms with Gasteiger partial charge in [0.2, 0.25) is 0 Å². The summed E-state index contributed by atoms with van der Waals surface area (Å²) in [6, 6.07) is 3.65. The second-order valence-corrected chi connectivity index (χ2v) is 2.74. The molecular formula is C9H37N11O5. The van der Waals surface area contributed by atoms with E-state index in [9.17, 15) is 14.4 Å². The molecule has 0 amide bonds. The summed E-state index contributed by atoms with van der Waals surface area (Å²) in [5, 5.41) is 8.63. The van der Waals surface area contributed by atoms with Crippen molar-refractivity contribution in [1.82, 2.24) is 67.7 Å². The topological polar surface area (TPSA) is 466 Å².